The molecule has 0 rings (SSSR count). The van der Waals surface area contributed by atoms with Crippen molar-refractivity contribution in [1.82, 2.24) is 0 Å². The van der Waals surface area contributed by atoms with Gasteiger partial charge in [-0.05, 0) is 24.5 Å². The number of aldehydes is 1. The first-order valence-electron chi connectivity index (χ1n) is 3.03. The van der Waals surface area contributed by atoms with Crippen LogP contribution in [-0.2, 0) is 4.79 Å². The second-order valence-corrected chi connectivity index (χ2v) is 2.45. The molecule has 0 aromatic heterocycles. The SMILES string of the molecule is CS/C=C/CCCC=O. The average Bonchev–Trinajstić information content (AvgIpc) is 1.89. The van der Waals surface area contributed by atoms with Gasteiger partial charge in [-0.1, -0.05) is 6.08 Å². The highest BCUT2D eigenvalue weighted by Gasteiger charge is 1.79. The van der Waals surface area contributed by atoms with Crippen LogP contribution in [0.5, 0.6) is 0 Å². The molecule has 1 nitrogen and oxygen atoms in total. The molecule has 0 saturated heterocycles. The highest BCUT2D eigenvalue weighted by atomic mass is 32.2. The number of allylic oxidation sites excluding steroid dienone is 1. The summed E-state index contributed by atoms with van der Waals surface area (Å²) >= 11 is 1.69. The molecule has 0 radical (unpaired) electrons. The lowest BCUT2D eigenvalue weighted by Gasteiger charge is -1.84. The summed E-state index contributed by atoms with van der Waals surface area (Å²) in [5, 5.41) is 2.05. The van der Waals surface area contributed by atoms with E-state index in [2.05, 4.69) is 6.08 Å². The number of thioether (sulfide) groups is 1. The van der Waals surface area contributed by atoms with Gasteiger partial charge in [0.15, 0.2) is 0 Å². The lowest BCUT2D eigenvalue weighted by atomic mass is 10.2. The summed E-state index contributed by atoms with van der Waals surface area (Å²) in [6, 6.07) is 0. The molecule has 2 heteroatoms. The van der Waals surface area contributed by atoms with Crippen LogP contribution in [0.2, 0.25) is 0 Å². The third-order valence-corrected chi connectivity index (χ3v) is 1.39. The molecule has 0 spiro atoms. The molecule has 0 aromatic carbocycles. The van der Waals surface area contributed by atoms with Gasteiger partial charge in [0.1, 0.15) is 6.29 Å². The van der Waals surface area contributed by atoms with Crippen LogP contribution in [-0.4, -0.2) is 12.5 Å². The molecule has 0 amide bonds. The lowest BCUT2D eigenvalue weighted by Crippen LogP contribution is -1.72. The molecule has 0 N–H and O–H groups in total. The third-order valence-electron chi connectivity index (χ3n) is 0.925. The van der Waals surface area contributed by atoms with Crippen LogP contribution in [0.3, 0.4) is 0 Å². The Morgan fingerprint density at radius 1 is 1.44 bits per heavy atom. The van der Waals surface area contributed by atoms with Crippen LogP contribution in [0.25, 0.3) is 0 Å². The Morgan fingerprint density at radius 3 is 2.78 bits per heavy atom. The van der Waals surface area contributed by atoms with Gasteiger partial charge in [0, 0.05) is 6.42 Å². The number of hydrogen-bond acceptors (Lipinski definition) is 2. The average molecular weight is 144 g/mol. The molecular weight excluding hydrogens is 132 g/mol. The molecule has 0 saturated carbocycles. The first-order chi connectivity index (χ1) is 4.41. The molecule has 0 heterocycles. The van der Waals surface area contributed by atoms with Gasteiger partial charge in [-0.2, -0.15) is 0 Å². The second-order valence-electron chi connectivity index (χ2n) is 1.71. The number of carbonyl (C=O) groups is 1. The second kappa shape index (κ2) is 7.76. The Balaban J connectivity index is 2.90. The molecule has 9 heavy (non-hydrogen) atoms. The van der Waals surface area contributed by atoms with E-state index in [0.29, 0.717) is 6.42 Å². The summed E-state index contributed by atoms with van der Waals surface area (Å²) in [6.45, 7) is 0. The smallest absolute Gasteiger partial charge is 0.120 e. The predicted molar refractivity (Wildman–Crippen MR) is 42.6 cm³/mol. The van der Waals surface area contributed by atoms with E-state index in [1.807, 2.05) is 11.7 Å². The van der Waals surface area contributed by atoms with E-state index in [-0.39, 0.29) is 0 Å². The van der Waals surface area contributed by atoms with Gasteiger partial charge >= 0.3 is 0 Å². The van der Waals surface area contributed by atoms with E-state index in [9.17, 15) is 4.79 Å². The molecule has 0 bridgehead atoms. The normalized spacial score (nSPS) is 10.3. The molecule has 52 valence electrons. The number of hydrogen-bond donors (Lipinski definition) is 0. The summed E-state index contributed by atoms with van der Waals surface area (Å²) in [5.41, 5.74) is 0. The minimum Gasteiger partial charge on any atom is -0.303 e. The van der Waals surface area contributed by atoms with Crippen LogP contribution in [0.1, 0.15) is 19.3 Å². The summed E-state index contributed by atoms with van der Waals surface area (Å²) in [6.07, 6.45) is 7.79. The van der Waals surface area contributed by atoms with Crippen molar-refractivity contribution < 1.29 is 4.79 Å². The van der Waals surface area contributed by atoms with Gasteiger partial charge in [0.05, 0.1) is 0 Å². The van der Waals surface area contributed by atoms with Crippen molar-refractivity contribution in [3.63, 3.8) is 0 Å². The number of rotatable bonds is 5. The van der Waals surface area contributed by atoms with Crippen LogP contribution >= 0.6 is 11.8 Å². The van der Waals surface area contributed by atoms with E-state index < -0.39 is 0 Å². The fourth-order valence-electron chi connectivity index (χ4n) is 0.483. The first kappa shape index (κ1) is 8.76. The molecule has 0 aliphatic heterocycles. The predicted octanol–water partition coefficient (Wildman–Crippen LogP) is 2.23. The Morgan fingerprint density at radius 2 is 2.22 bits per heavy atom. The quantitative estimate of drug-likeness (QED) is 0.435. The monoisotopic (exact) mass is 144 g/mol. The first-order valence-corrected chi connectivity index (χ1v) is 4.32. The van der Waals surface area contributed by atoms with Crippen molar-refractivity contribution in [2.24, 2.45) is 0 Å². The van der Waals surface area contributed by atoms with Gasteiger partial charge in [0.25, 0.3) is 0 Å². The highest BCUT2D eigenvalue weighted by molar-refractivity contribution is 8.01. The molecule has 0 aliphatic carbocycles. The molecule has 0 aliphatic rings. The van der Waals surface area contributed by atoms with Crippen molar-refractivity contribution in [1.29, 1.82) is 0 Å². The molecule has 0 unspecified atom stereocenters. The van der Waals surface area contributed by atoms with Crippen LogP contribution < -0.4 is 0 Å². The van der Waals surface area contributed by atoms with Crippen molar-refractivity contribution in [3.8, 4) is 0 Å². The maximum absolute atomic E-state index is 9.81. The van der Waals surface area contributed by atoms with Gasteiger partial charge in [-0.15, -0.1) is 11.8 Å². The summed E-state index contributed by atoms with van der Waals surface area (Å²) < 4.78 is 0. The minimum absolute atomic E-state index is 0.693. The molecule has 0 aromatic rings. The Labute approximate surface area is 60.5 Å². The maximum atomic E-state index is 9.81. The lowest BCUT2D eigenvalue weighted by molar-refractivity contribution is -0.107. The van der Waals surface area contributed by atoms with Crippen molar-refractivity contribution in [2.75, 3.05) is 6.26 Å². The zero-order valence-electron chi connectivity index (χ0n) is 5.67. The van der Waals surface area contributed by atoms with Gasteiger partial charge in [-0.3, -0.25) is 0 Å². The van der Waals surface area contributed by atoms with E-state index in [1.54, 1.807) is 11.8 Å². The van der Waals surface area contributed by atoms with Crippen LogP contribution in [0.15, 0.2) is 11.5 Å². The minimum atomic E-state index is 0.693. The zero-order valence-corrected chi connectivity index (χ0v) is 6.49. The topological polar surface area (TPSA) is 17.1 Å². The van der Waals surface area contributed by atoms with Gasteiger partial charge < -0.3 is 4.79 Å². The molecular formula is C7H12OS. The van der Waals surface area contributed by atoms with Crippen LogP contribution in [0, 0.1) is 0 Å². The van der Waals surface area contributed by atoms with E-state index in [0.717, 1.165) is 19.1 Å². The Hall–Kier alpha value is -0.240. The van der Waals surface area contributed by atoms with Gasteiger partial charge in [0.2, 0.25) is 0 Å². The fourth-order valence-corrected chi connectivity index (χ4v) is 0.812. The number of unbranched alkanes of at least 4 members (excludes halogenated alkanes) is 2. The standard InChI is InChI=1S/C7H12OS/c1-9-7-5-3-2-4-6-8/h5-7H,2-4H2,1H3/b7-5+. The van der Waals surface area contributed by atoms with E-state index in [4.69, 9.17) is 0 Å². The summed E-state index contributed by atoms with van der Waals surface area (Å²) in [4.78, 5) is 9.81. The van der Waals surface area contributed by atoms with E-state index >= 15 is 0 Å². The fraction of sp³-hybridized carbons (Fsp3) is 0.571. The maximum Gasteiger partial charge on any atom is 0.120 e. The Kier molecular flexibility index (Phi) is 7.55. The van der Waals surface area contributed by atoms with Crippen molar-refractivity contribution in [2.45, 2.75) is 19.3 Å². The van der Waals surface area contributed by atoms with Crippen molar-refractivity contribution in [3.05, 3.63) is 11.5 Å². The van der Waals surface area contributed by atoms with E-state index in [1.165, 1.54) is 0 Å². The third kappa shape index (κ3) is 7.76. The highest BCUT2D eigenvalue weighted by Crippen LogP contribution is 1.98. The zero-order chi connectivity index (χ0) is 6.95. The van der Waals surface area contributed by atoms with Crippen LogP contribution in [0.4, 0.5) is 0 Å². The number of carbonyl (C=O) groups excluding carboxylic acids is 1. The largest absolute Gasteiger partial charge is 0.303 e. The summed E-state index contributed by atoms with van der Waals surface area (Å²) in [5.74, 6) is 0. The van der Waals surface area contributed by atoms with Crippen molar-refractivity contribution >= 4 is 18.0 Å². The van der Waals surface area contributed by atoms with Gasteiger partial charge in [-0.25, -0.2) is 0 Å². The molecule has 0 fully saturated rings. The molecule has 0 atom stereocenters. The Bertz CT molecular complexity index is 88.9. The summed E-state index contributed by atoms with van der Waals surface area (Å²) in [7, 11) is 0.